The van der Waals surface area contributed by atoms with Gasteiger partial charge in [-0.3, -0.25) is 14.8 Å². The van der Waals surface area contributed by atoms with Crippen LogP contribution in [-0.2, 0) is 17.8 Å². The van der Waals surface area contributed by atoms with Crippen LogP contribution in [0.15, 0.2) is 36.4 Å². The third kappa shape index (κ3) is 3.32. The van der Waals surface area contributed by atoms with Crippen LogP contribution < -0.4 is 5.48 Å². The molecule has 0 fully saturated rings. The molecule has 6 heteroatoms. The molecule has 2 aromatic rings. The first-order chi connectivity index (χ1) is 10.1. The molecule has 0 aliphatic rings. The molecule has 1 amide bonds. The van der Waals surface area contributed by atoms with Gasteiger partial charge in [-0.15, -0.1) is 0 Å². The van der Waals surface area contributed by atoms with Crippen LogP contribution >= 0.6 is 11.6 Å². The average Bonchev–Trinajstić information content (AvgIpc) is 2.89. The van der Waals surface area contributed by atoms with Crippen molar-refractivity contribution in [2.75, 3.05) is 0 Å². The van der Waals surface area contributed by atoms with Crippen molar-refractivity contribution in [1.29, 1.82) is 0 Å². The molecule has 0 aliphatic carbocycles. The summed E-state index contributed by atoms with van der Waals surface area (Å²) >= 11 is 5.81. The zero-order valence-electron chi connectivity index (χ0n) is 11.5. The second kappa shape index (κ2) is 6.56. The SMILES string of the molecule is CCn1c(CC(=O)NO)ccc1C(=O)c1ccc(Cl)cc1. The number of rotatable bonds is 5. The lowest BCUT2D eigenvalue weighted by Crippen LogP contribution is -2.23. The molecule has 0 radical (unpaired) electrons. The smallest absolute Gasteiger partial charge is 0.249 e. The highest BCUT2D eigenvalue weighted by Crippen LogP contribution is 2.17. The highest BCUT2D eigenvalue weighted by molar-refractivity contribution is 6.30. The second-order valence-corrected chi connectivity index (χ2v) is 4.94. The Bertz CT molecular complexity index is 662. The van der Waals surface area contributed by atoms with Gasteiger partial charge in [-0.05, 0) is 43.3 Å². The standard InChI is InChI=1S/C15H15ClN2O3/c1-2-18-12(9-14(19)17-21)7-8-13(18)15(20)10-3-5-11(16)6-4-10/h3-8,21H,2,9H2,1H3,(H,17,19). The van der Waals surface area contributed by atoms with Gasteiger partial charge in [-0.25, -0.2) is 5.48 Å². The lowest BCUT2D eigenvalue weighted by atomic mass is 10.1. The number of hydrogen-bond acceptors (Lipinski definition) is 3. The van der Waals surface area contributed by atoms with Gasteiger partial charge < -0.3 is 4.57 Å². The summed E-state index contributed by atoms with van der Waals surface area (Å²) in [6.07, 6.45) is 0.0121. The number of carbonyl (C=O) groups is 2. The van der Waals surface area contributed by atoms with Crippen LogP contribution in [0.3, 0.4) is 0 Å². The number of halogens is 1. The van der Waals surface area contributed by atoms with Crippen molar-refractivity contribution >= 4 is 23.3 Å². The Kier molecular flexibility index (Phi) is 4.77. The van der Waals surface area contributed by atoms with Crippen molar-refractivity contribution in [3.8, 4) is 0 Å². The number of hydrogen-bond donors (Lipinski definition) is 2. The van der Waals surface area contributed by atoms with E-state index >= 15 is 0 Å². The Hall–Kier alpha value is -2.11. The molecule has 1 heterocycles. The van der Waals surface area contributed by atoms with Crippen LogP contribution in [0, 0.1) is 0 Å². The van der Waals surface area contributed by atoms with E-state index in [1.807, 2.05) is 6.92 Å². The van der Waals surface area contributed by atoms with Gasteiger partial charge in [0.1, 0.15) is 0 Å². The molecule has 0 saturated carbocycles. The molecule has 2 N–H and O–H groups in total. The summed E-state index contributed by atoms with van der Waals surface area (Å²) in [6.45, 7) is 2.44. The Morgan fingerprint density at radius 3 is 2.43 bits per heavy atom. The predicted octanol–water partition coefficient (Wildman–Crippen LogP) is 2.44. The lowest BCUT2D eigenvalue weighted by molar-refractivity contribution is -0.128. The molecule has 110 valence electrons. The van der Waals surface area contributed by atoms with E-state index in [0.717, 1.165) is 0 Å². The summed E-state index contributed by atoms with van der Waals surface area (Å²) < 4.78 is 1.76. The third-order valence-electron chi connectivity index (χ3n) is 3.19. The first-order valence-electron chi connectivity index (χ1n) is 6.48. The molecule has 2 rings (SSSR count). The number of hydroxylamine groups is 1. The van der Waals surface area contributed by atoms with Gasteiger partial charge in [0.05, 0.1) is 12.1 Å². The van der Waals surface area contributed by atoms with Gasteiger partial charge in [0.2, 0.25) is 11.7 Å². The minimum Gasteiger partial charge on any atom is -0.342 e. The molecule has 1 aromatic carbocycles. The van der Waals surface area contributed by atoms with Crippen molar-refractivity contribution in [2.24, 2.45) is 0 Å². The lowest BCUT2D eigenvalue weighted by Gasteiger charge is -2.10. The maximum Gasteiger partial charge on any atom is 0.249 e. The maximum absolute atomic E-state index is 12.5. The fourth-order valence-electron chi connectivity index (χ4n) is 2.19. The van der Waals surface area contributed by atoms with E-state index in [1.54, 1.807) is 46.4 Å². The molecule has 1 aromatic heterocycles. The summed E-state index contributed by atoms with van der Waals surface area (Å²) in [4.78, 5) is 23.8. The maximum atomic E-state index is 12.5. The van der Waals surface area contributed by atoms with Crippen molar-refractivity contribution in [1.82, 2.24) is 10.0 Å². The first kappa shape index (κ1) is 15.3. The normalized spacial score (nSPS) is 10.4. The van der Waals surface area contributed by atoms with E-state index in [4.69, 9.17) is 16.8 Å². The van der Waals surface area contributed by atoms with Gasteiger partial charge in [0.25, 0.3) is 0 Å². The topological polar surface area (TPSA) is 71.3 Å². The Morgan fingerprint density at radius 2 is 1.86 bits per heavy atom. The van der Waals surface area contributed by atoms with Gasteiger partial charge >= 0.3 is 0 Å². The van der Waals surface area contributed by atoms with E-state index < -0.39 is 5.91 Å². The van der Waals surface area contributed by atoms with E-state index in [1.165, 1.54) is 0 Å². The zero-order valence-corrected chi connectivity index (χ0v) is 12.2. The Labute approximate surface area is 127 Å². The highest BCUT2D eigenvalue weighted by Gasteiger charge is 2.17. The van der Waals surface area contributed by atoms with E-state index in [-0.39, 0.29) is 12.2 Å². The predicted molar refractivity (Wildman–Crippen MR) is 78.6 cm³/mol. The van der Waals surface area contributed by atoms with Crippen LogP contribution in [0.25, 0.3) is 0 Å². The second-order valence-electron chi connectivity index (χ2n) is 4.50. The van der Waals surface area contributed by atoms with E-state index in [2.05, 4.69) is 0 Å². The molecule has 0 bridgehead atoms. The average molecular weight is 307 g/mol. The monoisotopic (exact) mass is 306 g/mol. The van der Waals surface area contributed by atoms with Crippen LogP contribution in [0.4, 0.5) is 0 Å². The number of ketones is 1. The molecule has 0 atom stereocenters. The van der Waals surface area contributed by atoms with Crippen molar-refractivity contribution in [2.45, 2.75) is 19.9 Å². The van der Waals surface area contributed by atoms with Crippen molar-refractivity contribution in [3.63, 3.8) is 0 Å². The summed E-state index contributed by atoms with van der Waals surface area (Å²) in [5.41, 5.74) is 3.29. The minimum atomic E-state index is -0.520. The summed E-state index contributed by atoms with van der Waals surface area (Å²) in [5, 5.41) is 9.16. The molecule has 0 aliphatic heterocycles. The number of benzene rings is 1. The highest BCUT2D eigenvalue weighted by atomic mass is 35.5. The van der Waals surface area contributed by atoms with Crippen molar-refractivity contribution in [3.05, 3.63) is 58.4 Å². The Morgan fingerprint density at radius 1 is 1.19 bits per heavy atom. The van der Waals surface area contributed by atoms with Crippen LogP contribution in [-0.4, -0.2) is 21.5 Å². The van der Waals surface area contributed by atoms with Gasteiger partial charge in [0, 0.05) is 22.8 Å². The quantitative estimate of drug-likeness (QED) is 0.506. The summed E-state index contributed by atoms with van der Waals surface area (Å²) in [5.74, 6) is -0.655. The fraction of sp³-hybridized carbons (Fsp3) is 0.200. The van der Waals surface area contributed by atoms with E-state index in [0.29, 0.717) is 28.5 Å². The largest absolute Gasteiger partial charge is 0.342 e. The molecule has 21 heavy (non-hydrogen) atoms. The molecular formula is C15H15ClN2O3. The van der Waals surface area contributed by atoms with E-state index in [9.17, 15) is 9.59 Å². The van der Waals surface area contributed by atoms with Crippen molar-refractivity contribution < 1.29 is 14.8 Å². The minimum absolute atomic E-state index is 0.0121. The summed E-state index contributed by atoms with van der Waals surface area (Å²) in [6, 6.07) is 10.0. The van der Waals surface area contributed by atoms with Gasteiger partial charge in [0.15, 0.2) is 0 Å². The zero-order chi connectivity index (χ0) is 15.4. The van der Waals surface area contributed by atoms with Crippen LogP contribution in [0.1, 0.15) is 28.7 Å². The summed E-state index contributed by atoms with van der Waals surface area (Å²) in [7, 11) is 0. The third-order valence-corrected chi connectivity index (χ3v) is 3.44. The number of nitrogens with one attached hydrogen (secondary N) is 1. The van der Waals surface area contributed by atoms with Gasteiger partial charge in [-0.1, -0.05) is 11.6 Å². The van der Waals surface area contributed by atoms with Crippen LogP contribution in [0.5, 0.6) is 0 Å². The number of amides is 1. The van der Waals surface area contributed by atoms with Crippen LogP contribution in [0.2, 0.25) is 5.02 Å². The molecule has 0 unspecified atom stereocenters. The number of carbonyl (C=O) groups excluding carboxylic acids is 2. The van der Waals surface area contributed by atoms with Gasteiger partial charge in [-0.2, -0.15) is 0 Å². The first-order valence-corrected chi connectivity index (χ1v) is 6.86. The molecule has 0 spiro atoms. The molecule has 5 nitrogen and oxygen atoms in total. The molecule has 0 saturated heterocycles. The Balaban J connectivity index is 2.33. The number of aromatic nitrogens is 1. The number of nitrogens with zero attached hydrogens (tertiary/aromatic N) is 1. The molecular weight excluding hydrogens is 292 g/mol. The fourth-order valence-corrected chi connectivity index (χ4v) is 2.32.